The smallest absolute Gasteiger partial charge is 0.293 e. The van der Waals surface area contributed by atoms with Crippen molar-refractivity contribution in [2.75, 3.05) is 0 Å². The average Bonchev–Trinajstić information content (AvgIpc) is 3.23. The Hall–Kier alpha value is -2.47. The highest BCUT2D eigenvalue weighted by Gasteiger charge is 2.35. The van der Waals surface area contributed by atoms with Crippen LogP contribution in [-0.2, 0) is 11.3 Å². The summed E-state index contributed by atoms with van der Waals surface area (Å²) in [5.41, 5.74) is 1.59. The summed E-state index contributed by atoms with van der Waals surface area (Å²) in [7, 11) is 0. The molecule has 1 saturated heterocycles. The highest BCUT2D eigenvalue weighted by atomic mass is 35.5. The minimum absolute atomic E-state index is 0.243. The molecule has 1 aliphatic rings. The maximum atomic E-state index is 12.6. The molecule has 2 amide bonds. The van der Waals surface area contributed by atoms with Crippen LogP contribution in [0.5, 0.6) is 0 Å². The van der Waals surface area contributed by atoms with Gasteiger partial charge in [-0.1, -0.05) is 53.5 Å². The van der Waals surface area contributed by atoms with E-state index in [9.17, 15) is 9.59 Å². The van der Waals surface area contributed by atoms with Crippen molar-refractivity contribution in [2.45, 2.75) is 6.54 Å². The third kappa shape index (κ3) is 3.87. The van der Waals surface area contributed by atoms with E-state index in [2.05, 4.69) is 0 Å². The predicted octanol–water partition coefficient (Wildman–Crippen LogP) is 6.49. The summed E-state index contributed by atoms with van der Waals surface area (Å²) in [5, 5.41) is 0.705. The molecule has 1 aromatic heterocycles. The number of thioether (sulfide) groups is 1. The Balaban J connectivity index is 1.56. The number of rotatable bonds is 4. The molecule has 28 heavy (non-hydrogen) atoms. The zero-order valence-corrected chi connectivity index (χ0v) is 16.7. The number of benzene rings is 2. The van der Waals surface area contributed by atoms with Gasteiger partial charge in [-0.05, 0) is 47.7 Å². The largest absolute Gasteiger partial charge is 0.457 e. The Labute approximate surface area is 175 Å². The SMILES string of the molecule is O=C1S/C(=C\c2ccc(-c3ccc(Cl)cc3Cl)o2)C(=O)N1Cc1ccccc1. The minimum Gasteiger partial charge on any atom is -0.457 e. The molecule has 0 aliphatic carbocycles. The second-order valence-corrected chi connectivity index (χ2v) is 7.92. The van der Waals surface area contributed by atoms with Crippen LogP contribution in [0.3, 0.4) is 0 Å². The molecular formula is C21H13Cl2NO3S. The number of hydrogen-bond donors (Lipinski definition) is 0. The fourth-order valence-electron chi connectivity index (χ4n) is 2.80. The Morgan fingerprint density at radius 2 is 1.79 bits per heavy atom. The van der Waals surface area contributed by atoms with E-state index in [1.165, 1.54) is 4.90 Å². The third-order valence-corrected chi connectivity index (χ3v) is 5.61. The maximum absolute atomic E-state index is 12.6. The lowest BCUT2D eigenvalue weighted by Crippen LogP contribution is -2.27. The second-order valence-electron chi connectivity index (χ2n) is 6.08. The lowest BCUT2D eigenvalue weighted by atomic mass is 10.2. The third-order valence-electron chi connectivity index (χ3n) is 4.15. The van der Waals surface area contributed by atoms with Crippen LogP contribution in [0.15, 0.2) is 70.0 Å². The normalized spacial score (nSPS) is 15.6. The van der Waals surface area contributed by atoms with Gasteiger partial charge in [0.15, 0.2) is 0 Å². The van der Waals surface area contributed by atoms with Crippen molar-refractivity contribution in [2.24, 2.45) is 0 Å². The number of amides is 2. The Bertz CT molecular complexity index is 1090. The van der Waals surface area contributed by atoms with E-state index >= 15 is 0 Å². The van der Waals surface area contributed by atoms with Gasteiger partial charge >= 0.3 is 0 Å². The number of carbonyl (C=O) groups excluding carboxylic acids is 2. The van der Waals surface area contributed by atoms with Crippen LogP contribution in [0.1, 0.15) is 11.3 Å². The topological polar surface area (TPSA) is 50.5 Å². The molecule has 140 valence electrons. The van der Waals surface area contributed by atoms with Crippen molar-refractivity contribution >= 4 is 52.2 Å². The zero-order valence-electron chi connectivity index (χ0n) is 14.4. The molecule has 0 N–H and O–H groups in total. The van der Waals surface area contributed by atoms with Gasteiger partial charge in [0.05, 0.1) is 16.5 Å². The molecule has 1 aliphatic heterocycles. The molecular weight excluding hydrogens is 417 g/mol. The molecule has 0 bridgehead atoms. The molecule has 1 fully saturated rings. The molecule has 0 atom stereocenters. The predicted molar refractivity (Wildman–Crippen MR) is 112 cm³/mol. The molecule has 4 rings (SSSR count). The van der Waals surface area contributed by atoms with Gasteiger partial charge in [-0.15, -0.1) is 0 Å². The monoisotopic (exact) mass is 429 g/mol. The minimum atomic E-state index is -0.332. The molecule has 0 spiro atoms. The van der Waals surface area contributed by atoms with Crippen molar-refractivity contribution in [3.8, 4) is 11.3 Å². The summed E-state index contributed by atoms with van der Waals surface area (Å²) >= 11 is 13.0. The van der Waals surface area contributed by atoms with Gasteiger partial charge in [0.1, 0.15) is 11.5 Å². The molecule has 2 aromatic carbocycles. The first kappa shape index (κ1) is 18.9. The first-order valence-electron chi connectivity index (χ1n) is 8.36. The van der Waals surface area contributed by atoms with E-state index in [1.807, 2.05) is 30.3 Å². The number of halogens is 2. The molecule has 0 saturated carbocycles. The van der Waals surface area contributed by atoms with E-state index in [4.69, 9.17) is 27.6 Å². The molecule has 2 heterocycles. The van der Waals surface area contributed by atoms with Crippen LogP contribution < -0.4 is 0 Å². The molecule has 7 heteroatoms. The van der Waals surface area contributed by atoms with Crippen LogP contribution in [0, 0.1) is 0 Å². The van der Waals surface area contributed by atoms with Crippen LogP contribution in [0.25, 0.3) is 17.4 Å². The number of carbonyl (C=O) groups is 2. The van der Waals surface area contributed by atoms with Crippen molar-refractivity contribution in [1.29, 1.82) is 0 Å². The van der Waals surface area contributed by atoms with Gasteiger partial charge < -0.3 is 4.42 Å². The Morgan fingerprint density at radius 1 is 1.00 bits per heavy atom. The summed E-state index contributed by atoms with van der Waals surface area (Å²) in [4.78, 5) is 26.4. The Morgan fingerprint density at radius 3 is 2.54 bits per heavy atom. The molecule has 3 aromatic rings. The number of furan rings is 1. The highest BCUT2D eigenvalue weighted by Crippen LogP contribution is 2.35. The lowest BCUT2D eigenvalue weighted by molar-refractivity contribution is -0.123. The van der Waals surface area contributed by atoms with Gasteiger partial charge in [0.25, 0.3) is 11.1 Å². The van der Waals surface area contributed by atoms with Crippen molar-refractivity contribution in [3.63, 3.8) is 0 Å². The van der Waals surface area contributed by atoms with E-state index < -0.39 is 0 Å². The first-order valence-corrected chi connectivity index (χ1v) is 9.93. The van der Waals surface area contributed by atoms with Gasteiger partial charge in [-0.2, -0.15) is 0 Å². The fourth-order valence-corrected chi connectivity index (χ4v) is 4.12. The average molecular weight is 430 g/mol. The van der Waals surface area contributed by atoms with Crippen LogP contribution in [0.4, 0.5) is 4.79 Å². The van der Waals surface area contributed by atoms with Crippen molar-refractivity contribution in [1.82, 2.24) is 4.90 Å². The fraction of sp³-hybridized carbons (Fsp3) is 0.0476. The summed E-state index contributed by atoms with van der Waals surface area (Å²) in [6.07, 6.45) is 1.57. The van der Waals surface area contributed by atoms with Crippen LogP contribution in [0.2, 0.25) is 10.0 Å². The highest BCUT2D eigenvalue weighted by molar-refractivity contribution is 8.18. The standard InChI is InChI=1S/C21H13Cl2NO3S/c22-14-6-8-16(17(23)10-14)18-9-7-15(27-18)11-19-20(25)24(21(26)28-19)12-13-4-2-1-3-5-13/h1-11H,12H2/b19-11-. The van der Waals surface area contributed by atoms with Gasteiger partial charge in [0, 0.05) is 16.7 Å². The van der Waals surface area contributed by atoms with Crippen LogP contribution >= 0.6 is 35.0 Å². The van der Waals surface area contributed by atoms with Gasteiger partial charge in [0.2, 0.25) is 0 Å². The second kappa shape index (κ2) is 7.87. The van der Waals surface area contributed by atoms with E-state index in [0.717, 1.165) is 17.3 Å². The number of nitrogens with zero attached hydrogens (tertiary/aromatic N) is 1. The summed E-state index contributed by atoms with van der Waals surface area (Å²) in [6.45, 7) is 0.243. The summed E-state index contributed by atoms with van der Waals surface area (Å²) in [6, 6.07) is 18.0. The van der Waals surface area contributed by atoms with Gasteiger partial charge in [-0.25, -0.2) is 0 Å². The molecule has 0 radical (unpaired) electrons. The van der Waals surface area contributed by atoms with Crippen molar-refractivity contribution < 1.29 is 14.0 Å². The van der Waals surface area contributed by atoms with Crippen LogP contribution in [-0.4, -0.2) is 16.0 Å². The first-order chi connectivity index (χ1) is 13.5. The maximum Gasteiger partial charge on any atom is 0.293 e. The van der Waals surface area contributed by atoms with E-state index in [1.54, 1.807) is 36.4 Å². The summed E-state index contributed by atoms with van der Waals surface area (Å²) < 4.78 is 5.79. The Kier molecular flexibility index (Phi) is 5.31. The van der Waals surface area contributed by atoms with Gasteiger partial charge in [-0.3, -0.25) is 14.5 Å². The van der Waals surface area contributed by atoms with E-state index in [-0.39, 0.29) is 17.7 Å². The van der Waals surface area contributed by atoms with Crippen molar-refractivity contribution in [3.05, 3.63) is 86.9 Å². The summed E-state index contributed by atoms with van der Waals surface area (Å²) in [5.74, 6) is 0.684. The lowest BCUT2D eigenvalue weighted by Gasteiger charge is -2.11. The molecule has 4 nitrogen and oxygen atoms in total. The quantitative estimate of drug-likeness (QED) is 0.444. The number of hydrogen-bond acceptors (Lipinski definition) is 4. The van der Waals surface area contributed by atoms with E-state index in [0.29, 0.717) is 32.0 Å². The molecule has 0 unspecified atom stereocenters. The number of imide groups is 1. The zero-order chi connectivity index (χ0) is 19.7.